The van der Waals surface area contributed by atoms with Crippen LogP contribution in [0.4, 0.5) is 0 Å². The molecule has 0 aromatic heterocycles. The summed E-state index contributed by atoms with van der Waals surface area (Å²) in [5.41, 5.74) is 7.47. The van der Waals surface area contributed by atoms with E-state index in [1.807, 2.05) is 17.6 Å². The molecule has 2 aromatic rings. The van der Waals surface area contributed by atoms with Crippen molar-refractivity contribution in [1.29, 1.82) is 0 Å². The molecule has 27 heavy (non-hydrogen) atoms. The molecule has 0 saturated heterocycles. The molecule has 2 amide bonds. The van der Waals surface area contributed by atoms with Crippen LogP contribution in [-0.4, -0.2) is 20.2 Å². The smallest absolute Gasteiger partial charge is 0.318 e. The molecule has 4 unspecified atom stereocenters. The fourth-order valence-electron chi connectivity index (χ4n) is 4.19. The van der Waals surface area contributed by atoms with Crippen LogP contribution in [-0.2, 0) is 24.0 Å². The summed E-state index contributed by atoms with van der Waals surface area (Å²) in [7, 11) is -4.23. The van der Waals surface area contributed by atoms with E-state index >= 15 is 0 Å². The number of primary amides is 1. The van der Waals surface area contributed by atoms with E-state index in [4.69, 9.17) is 10.0 Å². The number of allylic oxidation sites excluding steroid dienone is 2. The first-order valence-corrected chi connectivity index (χ1v) is 9.98. The Morgan fingerprint density at radius 2 is 1.67 bits per heavy atom. The van der Waals surface area contributed by atoms with Gasteiger partial charge < -0.3 is 5.73 Å². The fraction of sp³-hybridized carbons (Fsp3) is 0.263. The maximum absolute atomic E-state index is 12.6. The molecule has 140 valence electrons. The Balaban J connectivity index is 1.55. The predicted octanol–water partition coefficient (Wildman–Crippen LogP) is 1.50. The van der Waals surface area contributed by atoms with Crippen LogP contribution >= 0.6 is 0 Å². The zero-order valence-electron chi connectivity index (χ0n) is 14.2. The summed E-state index contributed by atoms with van der Waals surface area (Å²) in [5.74, 6) is -2.82. The van der Waals surface area contributed by atoms with Crippen LogP contribution in [0.3, 0.4) is 0 Å². The maximum atomic E-state index is 12.6. The first kappa shape index (κ1) is 17.7. The van der Waals surface area contributed by atoms with E-state index in [1.165, 1.54) is 6.07 Å². The number of carbonyl (C=O) groups is 2. The lowest BCUT2D eigenvalue weighted by molar-refractivity contribution is -0.138. The molecule has 2 bridgehead atoms. The summed E-state index contributed by atoms with van der Waals surface area (Å²) in [6.45, 7) is 0. The molecule has 1 saturated carbocycles. The number of fused-ring (bicyclic) bond motifs is 3. The van der Waals surface area contributed by atoms with Crippen molar-refractivity contribution >= 4 is 32.7 Å². The number of hydrogen-bond donors (Lipinski definition) is 2. The van der Waals surface area contributed by atoms with E-state index < -0.39 is 33.8 Å². The highest BCUT2D eigenvalue weighted by atomic mass is 32.2. The number of amides is 2. The normalized spacial score (nSPS) is 26.4. The maximum Gasteiger partial charge on any atom is 0.318 e. The van der Waals surface area contributed by atoms with Crippen LogP contribution in [0.2, 0.25) is 0 Å². The Morgan fingerprint density at radius 1 is 1.00 bits per heavy atom. The van der Waals surface area contributed by atoms with Crippen LogP contribution in [0.25, 0.3) is 10.8 Å². The van der Waals surface area contributed by atoms with Crippen molar-refractivity contribution in [2.24, 2.45) is 29.4 Å². The zero-order chi connectivity index (χ0) is 19.2. The van der Waals surface area contributed by atoms with E-state index in [9.17, 15) is 18.0 Å². The van der Waals surface area contributed by atoms with E-state index in [0.29, 0.717) is 11.8 Å². The molecule has 2 aliphatic rings. The van der Waals surface area contributed by atoms with Crippen LogP contribution in [0.15, 0.2) is 59.5 Å². The minimum absolute atomic E-state index is 0.0415. The van der Waals surface area contributed by atoms with Gasteiger partial charge in [-0.2, -0.15) is 8.42 Å². The average Bonchev–Trinajstić information content (AvgIpc) is 3.27. The second-order valence-corrected chi connectivity index (χ2v) is 8.40. The molecule has 4 atom stereocenters. The number of carbonyl (C=O) groups excluding carboxylic acids is 2. The third-order valence-electron chi connectivity index (χ3n) is 5.36. The molecule has 7 nitrogen and oxygen atoms in total. The van der Waals surface area contributed by atoms with E-state index in [-0.39, 0.29) is 16.7 Å². The topological polar surface area (TPSA) is 116 Å². The molecular formula is C19H18N2O5S. The lowest BCUT2D eigenvalue weighted by Crippen LogP contribution is -2.43. The highest BCUT2D eigenvalue weighted by molar-refractivity contribution is 7.87. The van der Waals surface area contributed by atoms with Crippen LogP contribution in [0, 0.1) is 23.7 Å². The van der Waals surface area contributed by atoms with Crippen molar-refractivity contribution in [2.75, 3.05) is 0 Å². The summed E-state index contributed by atoms with van der Waals surface area (Å²) < 4.78 is 30.0. The molecule has 0 aliphatic heterocycles. The van der Waals surface area contributed by atoms with Gasteiger partial charge in [-0.1, -0.05) is 48.6 Å². The largest absolute Gasteiger partial charge is 0.369 e. The van der Waals surface area contributed by atoms with Gasteiger partial charge >= 0.3 is 10.1 Å². The third kappa shape index (κ3) is 3.00. The highest BCUT2D eigenvalue weighted by Gasteiger charge is 2.51. The Kier molecular flexibility index (Phi) is 4.24. The summed E-state index contributed by atoms with van der Waals surface area (Å²) in [6.07, 6.45) is 4.41. The van der Waals surface area contributed by atoms with Gasteiger partial charge in [0.2, 0.25) is 11.8 Å². The van der Waals surface area contributed by atoms with E-state index in [2.05, 4.69) is 0 Å². The molecule has 3 N–H and O–H groups in total. The Morgan fingerprint density at radius 3 is 2.41 bits per heavy atom. The summed E-state index contributed by atoms with van der Waals surface area (Å²) in [4.78, 5) is 24.2. The van der Waals surface area contributed by atoms with Crippen LogP contribution in [0.5, 0.6) is 0 Å². The van der Waals surface area contributed by atoms with Crippen molar-refractivity contribution < 1.29 is 22.3 Å². The average molecular weight is 386 g/mol. The van der Waals surface area contributed by atoms with Crippen molar-refractivity contribution in [2.45, 2.75) is 11.3 Å². The molecular weight excluding hydrogens is 368 g/mol. The molecule has 8 heteroatoms. The van der Waals surface area contributed by atoms with E-state index in [0.717, 1.165) is 5.39 Å². The minimum Gasteiger partial charge on any atom is -0.369 e. The van der Waals surface area contributed by atoms with Gasteiger partial charge in [-0.25, -0.2) is 5.48 Å². The highest BCUT2D eigenvalue weighted by Crippen LogP contribution is 2.47. The molecule has 2 aliphatic carbocycles. The first-order chi connectivity index (χ1) is 12.9. The van der Waals surface area contributed by atoms with Crippen LogP contribution in [0.1, 0.15) is 6.42 Å². The number of hydroxylamine groups is 1. The Hall–Kier alpha value is -2.71. The number of benzene rings is 2. The van der Waals surface area contributed by atoms with Crippen molar-refractivity contribution in [3.05, 3.63) is 54.6 Å². The summed E-state index contributed by atoms with van der Waals surface area (Å²) in [6, 6.07) is 11.8. The lowest BCUT2D eigenvalue weighted by atomic mass is 9.82. The number of nitrogens with one attached hydrogen (secondary N) is 1. The van der Waals surface area contributed by atoms with Gasteiger partial charge in [0.25, 0.3) is 0 Å². The fourth-order valence-corrected chi connectivity index (χ4v) is 5.17. The molecule has 1 fully saturated rings. The van der Waals surface area contributed by atoms with Crippen molar-refractivity contribution in [1.82, 2.24) is 5.48 Å². The van der Waals surface area contributed by atoms with Crippen molar-refractivity contribution in [3.8, 4) is 0 Å². The molecule has 0 spiro atoms. The predicted molar refractivity (Wildman–Crippen MR) is 97.3 cm³/mol. The Labute approximate surface area is 156 Å². The second-order valence-electron chi connectivity index (χ2n) is 6.88. The van der Waals surface area contributed by atoms with Gasteiger partial charge in [0.05, 0.1) is 11.8 Å². The van der Waals surface area contributed by atoms with Gasteiger partial charge in [0.15, 0.2) is 0 Å². The van der Waals surface area contributed by atoms with Crippen LogP contribution < -0.4 is 11.2 Å². The molecule has 4 rings (SSSR count). The molecule has 0 radical (unpaired) electrons. The zero-order valence-corrected chi connectivity index (χ0v) is 15.1. The van der Waals surface area contributed by atoms with Gasteiger partial charge in [0, 0.05) is 5.39 Å². The lowest BCUT2D eigenvalue weighted by Gasteiger charge is -2.24. The quantitative estimate of drug-likeness (QED) is 0.597. The van der Waals surface area contributed by atoms with E-state index in [1.54, 1.807) is 36.4 Å². The number of hydrogen-bond acceptors (Lipinski definition) is 5. The molecule has 2 aromatic carbocycles. The molecule has 0 heterocycles. The minimum atomic E-state index is -4.23. The van der Waals surface area contributed by atoms with Gasteiger partial charge in [0.1, 0.15) is 4.90 Å². The standard InChI is InChI=1S/C19H18N2O5S/c20-18(22)16-12-8-9-13(10-12)17(16)19(23)21-26-27(24,25)15-7-3-5-11-4-1-2-6-14(11)15/h1-9,12-13,16-17H,10H2,(H2,20,22)(H,21,23). The van der Waals surface area contributed by atoms with Crippen molar-refractivity contribution in [3.63, 3.8) is 0 Å². The first-order valence-electron chi connectivity index (χ1n) is 8.57. The second kappa shape index (κ2) is 6.47. The van der Waals surface area contributed by atoms with Gasteiger partial charge in [-0.05, 0) is 29.7 Å². The Bertz CT molecular complexity index is 1060. The summed E-state index contributed by atoms with van der Waals surface area (Å²) >= 11 is 0. The van der Waals surface area contributed by atoms with Gasteiger partial charge in [-0.3, -0.25) is 9.59 Å². The van der Waals surface area contributed by atoms with Gasteiger partial charge in [-0.15, -0.1) is 4.28 Å². The summed E-state index contributed by atoms with van der Waals surface area (Å²) in [5, 5.41) is 1.23. The monoisotopic (exact) mass is 386 g/mol. The SMILES string of the molecule is NC(=O)C1C2C=CC(C2)C1C(=O)NOS(=O)(=O)c1cccc2ccccc12. The third-order valence-corrected chi connectivity index (χ3v) is 6.56. The number of rotatable bonds is 5. The number of nitrogens with two attached hydrogens (primary N) is 1.